The van der Waals surface area contributed by atoms with E-state index >= 15 is 0 Å². The van der Waals surface area contributed by atoms with Crippen LogP contribution >= 0.6 is 0 Å². The van der Waals surface area contributed by atoms with Crippen molar-refractivity contribution in [3.63, 3.8) is 0 Å². The molecule has 0 aliphatic carbocycles. The molecule has 0 aliphatic rings. The number of nitrogens with zero attached hydrogens (tertiary/aromatic N) is 1. The zero-order valence-electron chi connectivity index (χ0n) is 6.00. The summed E-state index contributed by atoms with van der Waals surface area (Å²) < 4.78 is 35.0. The van der Waals surface area contributed by atoms with Gasteiger partial charge >= 0.3 is 6.18 Å². The largest absolute Gasteiger partial charge is 0.413 e. The van der Waals surface area contributed by atoms with Gasteiger partial charge in [0.25, 0.3) is 0 Å². The van der Waals surface area contributed by atoms with E-state index in [1.807, 2.05) is 0 Å². The minimum absolute atomic E-state index is 0.135. The standard InChI is InChI=1S/C6H10F3N/c1-5(4-10(2)3)6(7,8)9/h1,4H2,2-3H3. The van der Waals surface area contributed by atoms with Gasteiger partial charge in [0.15, 0.2) is 0 Å². The van der Waals surface area contributed by atoms with Gasteiger partial charge in [0.1, 0.15) is 0 Å². The van der Waals surface area contributed by atoms with Crippen LogP contribution in [0.1, 0.15) is 0 Å². The molecule has 0 spiro atoms. The first-order chi connectivity index (χ1) is 4.34. The summed E-state index contributed by atoms with van der Waals surface area (Å²) in [6, 6.07) is 0. The van der Waals surface area contributed by atoms with Crippen molar-refractivity contribution in [2.45, 2.75) is 6.18 Å². The fourth-order valence-corrected chi connectivity index (χ4v) is 0.471. The molecule has 0 aromatic carbocycles. The van der Waals surface area contributed by atoms with Gasteiger partial charge in [-0.2, -0.15) is 13.2 Å². The maximum absolute atomic E-state index is 11.7. The van der Waals surface area contributed by atoms with E-state index in [0.29, 0.717) is 0 Å². The van der Waals surface area contributed by atoms with Crippen LogP contribution < -0.4 is 0 Å². The second-order valence-corrected chi connectivity index (χ2v) is 2.34. The normalized spacial score (nSPS) is 12.2. The van der Waals surface area contributed by atoms with Crippen molar-refractivity contribution in [2.75, 3.05) is 20.6 Å². The molecule has 0 radical (unpaired) electrons. The SMILES string of the molecule is C=C(CN(C)C)C(F)(F)F. The molecule has 0 atom stereocenters. The third-order valence-electron chi connectivity index (χ3n) is 0.908. The molecule has 0 heterocycles. The molecule has 0 aromatic heterocycles. The Hall–Kier alpha value is -0.510. The highest BCUT2D eigenvalue weighted by molar-refractivity contribution is 5.04. The minimum Gasteiger partial charge on any atom is -0.305 e. The zero-order chi connectivity index (χ0) is 8.36. The molecule has 0 aliphatic heterocycles. The average Bonchev–Trinajstić information content (AvgIpc) is 1.60. The van der Waals surface area contributed by atoms with Crippen LogP contribution in [0.2, 0.25) is 0 Å². The molecule has 4 heteroatoms. The van der Waals surface area contributed by atoms with Crippen LogP contribution in [0.3, 0.4) is 0 Å². The van der Waals surface area contributed by atoms with Gasteiger partial charge in [-0.3, -0.25) is 0 Å². The molecule has 0 rings (SSSR count). The van der Waals surface area contributed by atoms with Crippen LogP contribution in [0.4, 0.5) is 13.2 Å². The Labute approximate surface area is 58.1 Å². The first-order valence-corrected chi connectivity index (χ1v) is 2.73. The fourth-order valence-electron chi connectivity index (χ4n) is 0.471. The molecule has 0 saturated carbocycles. The van der Waals surface area contributed by atoms with Crippen LogP contribution in [0.5, 0.6) is 0 Å². The second kappa shape index (κ2) is 3.05. The van der Waals surface area contributed by atoms with E-state index in [-0.39, 0.29) is 6.54 Å². The predicted molar refractivity (Wildman–Crippen MR) is 33.7 cm³/mol. The molecule has 0 amide bonds. The van der Waals surface area contributed by atoms with Crippen LogP contribution in [-0.4, -0.2) is 31.7 Å². The Morgan fingerprint density at radius 3 is 1.90 bits per heavy atom. The summed E-state index contributed by atoms with van der Waals surface area (Å²) in [6.45, 7) is 2.76. The molecular weight excluding hydrogens is 143 g/mol. The summed E-state index contributed by atoms with van der Waals surface area (Å²) in [5.74, 6) is 0. The van der Waals surface area contributed by atoms with Crippen molar-refractivity contribution >= 4 is 0 Å². The zero-order valence-corrected chi connectivity index (χ0v) is 6.00. The molecule has 60 valence electrons. The van der Waals surface area contributed by atoms with Gasteiger partial charge in [0.2, 0.25) is 0 Å². The Morgan fingerprint density at radius 1 is 1.40 bits per heavy atom. The van der Waals surface area contributed by atoms with E-state index in [9.17, 15) is 13.2 Å². The topological polar surface area (TPSA) is 3.24 Å². The second-order valence-electron chi connectivity index (χ2n) is 2.34. The molecule has 1 nitrogen and oxygen atoms in total. The highest BCUT2D eigenvalue weighted by atomic mass is 19.4. The van der Waals surface area contributed by atoms with E-state index in [1.54, 1.807) is 14.1 Å². The van der Waals surface area contributed by atoms with Crippen LogP contribution in [0.15, 0.2) is 12.2 Å². The summed E-state index contributed by atoms with van der Waals surface area (Å²) in [7, 11) is 3.13. The van der Waals surface area contributed by atoms with Crippen molar-refractivity contribution in [1.82, 2.24) is 4.90 Å². The lowest BCUT2D eigenvalue weighted by atomic mass is 10.3. The number of alkyl halides is 3. The van der Waals surface area contributed by atoms with Crippen molar-refractivity contribution in [3.8, 4) is 0 Å². The Morgan fingerprint density at radius 2 is 1.80 bits per heavy atom. The fraction of sp³-hybridized carbons (Fsp3) is 0.667. The monoisotopic (exact) mass is 153 g/mol. The number of hydrogen-bond acceptors (Lipinski definition) is 1. The first-order valence-electron chi connectivity index (χ1n) is 2.73. The van der Waals surface area contributed by atoms with Gasteiger partial charge in [-0.15, -0.1) is 0 Å². The molecule has 10 heavy (non-hydrogen) atoms. The van der Waals surface area contributed by atoms with E-state index in [0.717, 1.165) is 0 Å². The van der Waals surface area contributed by atoms with Gasteiger partial charge in [0.05, 0.1) is 0 Å². The maximum atomic E-state index is 11.7. The number of hydrogen-bond donors (Lipinski definition) is 0. The summed E-state index contributed by atoms with van der Waals surface area (Å²) in [5.41, 5.74) is -0.711. The first kappa shape index (κ1) is 9.49. The highest BCUT2D eigenvalue weighted by Crippen LogP contribution is 2.23. The summed E-state index contributed by atoms with van der Waals surface area (Å²) in [4.78, 5) is 1.43. The number of likely N-dealkylation sites (N-methyl/N-ethyl adjacent to an activating group) is 1. The van der Waals surface area contributed by atoms with Crippen molar-refractivity contribution < 1.29 is 13.2 Å². The quantitative estimate of drug-likeness (QED) is 0.545. The van der Waals surface area contributed by atoms with Crippen LogP contribution in [-0.2, 0) is 0 Å². The van der Waals surface area contributed by atoms with E-state index in [4.69, 9.17) is 0 Å². The van der Waals surface area contributed by atoms with Crippen molar-refractivity contribution in [1.29, 1.82) is 0 Å². The van der Waals surface area contributed by atoms with E-state index < -0.39 is 11.7 Å². The van der Waals surface area contributed by atoms with Gasteiger partial charge in [0, 0.05) is 12.1 Å². The third-order valence-corrected chi connectivity index (χ3v) is 0.908. The summed E-state index contributed by atoms with van der Waals surface area (Å²) >= 11 is 0. The van der Waals surface area contributed by atoms with Gasteiger partial charge in [-0.05, 0) is 14.1 Å². The highest BCUT2D eigenvalue weighted by Gasteiger charge is 2.31. The molecule has 0 fully saturated rings. The van der Waals surface area contributed by atoms with Crippen LogP contribution in [0.25, 0.3) is 0 Å². The van der Waals surface area contributed by atoms with Gasteiger partial charge in [-0.25, -0.2) is 0 Å². The molecule has 0 bridgehead atoms. The molecule has 0 unspecified atom stereocenters. The summed E-state index contributed by atoms with van der Waals surface area (Å²) in [5, 5.41) is 0. The Kier molecular flexibility index (Phi) is 2.90. The number of halogens is 3. The predicted octanol–water partition coefficient (Wildman–Crippen LogP) is 1.67. The van der Waals surface area contributed by atoms with Crippen molar-refractivity contribution in [2.24, 2.45) is 0 Å². The molecule has 0 N–H and O–H groups in total. The van der Waals surface area contributed by atoms with E-state index in [1.165, 1.54) is 4.90 Å². The number of rotatable bonds is 2. The molecule has 0 aromatic rings. The Balaban J connectivity index is 3.87. The lowest BCUT2D eigenvalue weighted by Gasteiger charge is -2.14. The van der Waals surface area contributed by atoms with Gasteiger partial charge < -0.3 is 4.90 Å². The maximum Gasteiger partial charge on any atom is 0.413 e. The van der Waals surface area contributed by atoms with Gasteiger partial charge in [-0.1, -0.05) is 6.58 Å². The lowest BCUT2D eigenvalue weighted by molar-refractivity contribution is -0.0944. The minimum atomic E-state index is -4.25. The lowest BCUT2D eigenvalue weighted by Crippen LogP contribution is -2.23. The smallest absolute Gasteiger partial charge is 0.305 e. The Bertz CT molecular complexity index is 125. The third kappa shape index (κ3) is 3.50. The van der Waals surface area contributed by atoms with E-state index in [2.05, 4.69) is 6.58 Å². The molecular formula is C6H10F3N. The van der Waals surface area contributed by atoms with Crippen LogP contribution in [0, 0.1) is 0 Å². The summed E-state index contributed by atoms with van der Waals surface area (Å²) in [6.07, 6.45) is -4.25. The van der Waals surface area contributed by atoms with Crippen molar-refractivity contribution in [3.05, 3.63) is 12.2 Å². The average molecular weight is 153 g/mol. The molecule has 0 saturated heterocycles.